The Hall–Kier alpha value is -7.36. The van der Waals surface area contributed by atoms with Crippen molar-refractivity contribution in [3.05, 3.63) is 194 Å². The van der Waals surface area contributed by atoms with Gasteiger partial charge in [-0.05, 0) is 67.4 Å². The average Bonchev–Trinajstić information content (AvgIpc) is 3.65. The number of aromatic nitrogens is 2. The maximum Gasteiger partial charge on any atom is 0.161 e. The molecule has 0 spiro atoms. The van der Waals surface area contributed by atoms with Gasteiger partial charge in [-0.15, -0.1) is 0 Å². The maximum atomic E-state index is 6.67. The molecule has 2 aromatic heterocycles. The number of benzene rings is 9. The Morgan fingerprint density at radius 3 is 1.64 bits per heavy atom. The molecule has 2 heterocycles. The van der Waals surface area contributed by atoms with Crippen LogP contribution < -0.4 is 0 Å². The van der Waals surface area contributed by atoms with Crippen LogP contribution in [0.1, 0.15) is 0 Å². The van der Waals surface area contributed by atoms with Gasteiger partial charge in [0.25, 0.3) is 0 Å². The fourth-order valence-electron chi connectivity index (χ4n) is 8.29. The minimum Gasteiger partial charge on any atom is -0.455 e. The summed E-state index contributed by atoms with van der Waals surface area (Å²) in [7, 11) is 0. The molecule has 9 aromatic carbocycles. The molecule has 3 nitrogen and oxygen atoms in total. The van der Waals surface area contributed by atoms with Crippen molar-refractivity contribution in [2.45, 2.75) is 0 Å². The van der Waals surface area contributed by atoms with Crippen LogP contribution in [-0.4, -0.2) is 9.97 Å². The van der Waals surface area contributed by atoms with E-state index in [-0.39, 0.29) is 0 Å². The molecule has 0 radical (unpaired) electrons. The van der Waals surface area contributed by atoms with E-state index < -0.39 is 0 Å². The highest BCUT2D eigenvalue weighted by Gasteiger charge is 2.19. The molecule has 0 aliphatic heterocycles. The van der Waals surface area contributed by atoms with Crippen molar-refractivity contribution in [1.82, 2.24) is 9.97 Å². The lowest BCUT2D eigenvalue weighted by Crippen LogP contribution is -1.97. The van der Waals surface area contributed by atoms with Crippen molar-refractivity contribution < 1.29 is 4.42 Å². The van der Waals surface area contributed by atoms with E-state index in [1.807, 2.05) is 0 Å². The minimum atomic E-state index is 0.706. The Morgan fingerprint density at radius 1 is 0.327 bits per heavy atom. The molecular weight excluding hydrogens is 669 g/mol. The Morgan fingerprint density at radius 2 is 0.873 bits per heavy atom. The molecule has 0 bridgehead atoms. The van der Waals surface area contributed by atoms with Crippen molar-refractivity contribution in [2.75, 3.05) is 0 Å². The monoisotopic (exact) mass is 700 g/mol. The number of hydrogen-bond acceptors (Lipinski definition) is 3. The van der Waals surface area contributed by atoms with Gasteiger partial charge in [0.1, 0.15) is 11.2 Å². The predicted molar refractivity (Wildman–Crippen MR) is 229 cm³/mol. The van der Waals surface area contributed by atoms with Crippen LogP contribution >= 0.6 is 0 Å². The summed E-state index contributed by atoms with van der Waals surface area (Å²) in [5, 5.41) is 9.17. The summed E-state index contributed by atoms with van der Waals surface area (Å²) in [6, 6.07) is 68.5. The number of fused-ring (bicyclic) bond motifs is 7. The normalized spacial score (nSPS) is 11.6. The molecule has 0 atom stereocenters. The molecule has 0 saturated heterocycles. The number of rotatable bonds is 5. The van der Waals surface area contributed by atoms with Crippen molar-refractivity contribution in [3.63, 3.8) is 0 Å². The van der Waals surface area contributed by atoms with Crippen molar-refractivity contribution in [2.24, 2.45) is 0 Å². The van der Waals surface area contributed by atoms with Gasteiger partial charge in [-0.3, -0.25) is 0 Å². The third-order valence-electron chi connectivity index (χ3n) is 10.9. The zero-order valence-electron chi connectivity index (χ0n) is 29.8. The van der Waals surface area contributed by atoms with Crippen LogP contribution in [0.3, 0.4) is 0 Å². The van der Waals surface area contributed by atoms with E-state index in [9.17, 15) is 0 Å². The van der Waals surface area contributed by atoms with Gasteiger partial charge < -0.3 is 4.42 Å². The second-order valence-corrected chi connectivity index (χ2v) is 14.1. The minimum absolute atomic E-state index is 0.706. The van der Waals surface area contributed by atoms with E-state index in [1.54, 1.807) is 0 Å². The molecule has 0 fully saturated rings. The van der Waals surface area contributed by atoms with Crippen molar-refractivity contribution >= 4 is 54.3 Å². The molecule has 0 amide bonds. The molecule has 0 saturated carbocycles. The largest absolute Gasteiger partial charge is 0.455 e. The number of furan rings is 1. The van der Waals surface area contributed by atoms with Gasteiger partial charge in [0.15, 0.2) is 5.82 Å². The Balaban J connectivity index is 1.08. The van der Waals surface area contributed by atoms with Crippen LogP contribution in [0.2, 0.25) is 0 Å². The highest BCUT2D eigenvalue weighted by atomic mass is 16.3. The second-order valence-electron chi connectivity index (χ2n) is 14.1. The zero-order valence-corrected chi connectivity index (χ0v) is 29.8. The number of hydrogen-bond donors (Lipinski definition) is 0. The van der Waals surface area contributed by atoms with Gasteiger partial charge >= 0.3 is 0 Å². The number of nitrogens with zero attached hydrogens (tertiary/aromatic N) is 2. The molecule has 0 N–H and O–H groups in total. The summed E-state index contributed by atoms with van der Waals surface area (Å²) in [4.78, 5) is 10.5. The summed E-state index contributed by atoms with van der Waals surface area (Å²) in [6.45, 7) is 0. The predicted octanol–water partition coefficient (Wildman–Crippen LogP) is 14.2. The summed E-state index contributed by atoms with van der Waals surface area (Å²) in [5.41, 5.74) is 11.3. The zero-order chi connectivity index (χ0) is 36.3. The smallest absolute Gasteiger partial charge is 0.161 e. The summed E-state index contributed by atoms with van der Waals surface area (Å²) >= 11 is 0. The Kier molecular flexibility index (Phi) is 7.17. The quantitative estimate of drug-likeness (QED) is 0.179. The van der Waals surface area contributed by atoms with Crippen LogP contribution in [0.25, 0.3) is 110 Å². The third-order valence-corrected chi connectivity index (χ3v) is 10.9. The molecule has 256 valence electrons. The SMILES string of the molecule is c1ccc(-c2cc3c(oc4cccc(-c5ccc(-c6cc(-c7cccc8ccccc78)nc(-c7cccc8ccccc78)n6)cc5)c43)c3ccccc23)cc1. The molecule has 0 aliphatic carbocycles. The van der Waals surface area contributed by atoms with Gasteiger partial charge in [0.05, 0.1) is 11.4 Å². The first kappa shape index (κ1) is 31.2. The molecule has 3 heteroatoms. The summed E-state index contributed by atoms with van der Waals surface area (Å²) < 4.78 is 6.67. The lowest BCUT2D eigenvalue weighted by molar-refractivity contribution is 0.673. The summed E-state index contributed by atoms with van der Waals surface area (Å²) in [5.74, 6) is 0.706. The fraction of sp³-hybridized carbons (Fsp3) is 0. The third kappa shape index (κ3) is 5.20. The molecular formula is C52H32N2O. The summed E-state index contributed by atoms with van der Waals surface area (Å²) in [6.07, 6.45) is 0. The van der Waals surface area contributed by atoms with Crippen molar-refractivity contribution in [3.8, 4) is 56.2 Å². The Bertz CT molecular complexity index is 3140. The van der Waals surface area contributed by atoms with E-state index >= 15 is 0 Å². The van der Waals surface area contributed by atoms with E-state index in [4.69, 9.17) is 14.4 Å². The first-order chi connectivity index (χ1) is 27.3. The lowest BCUT2D eigenvalue weighted by Gasteiger charge is -2.13. The van der Waals surface area contributed by atoms with Crippen LogP contribution in [0.5, 0.6) is 0 Å². The van der Waals surface area contributed by atoms with Crippen LogP contribution in [0.15, 0.2) is 199 Å². The topological polar surface area (TPSA) is 38.9 Å². The van der Waals surface area contributed by atoms with Crippen LogP contribution in [0.4, 0.5) is 0 Å². The van der Waals surface area contributed by atoms with Crippen LogP contribution in [0, 0.1) is 0 Å². The van der Waals surface area contributed by atoms with Gasteiger partial charge in [-0.1, -0.05) is 176 Å². The van der Waals surface area contributed by atoms with E-state index in [0.29, 0.717) is 5.82 Å². The molecule has 55 heavy (non-hydrogen) atoms. The maximum absolute atomic E-state index is 6.67. The first-order valence-electron chi connectivity index (χ1n) is 18.7. The average molecular weight is 701 g/mol. The van der Waals surface area contributed by atoms with Crippen LogP contribution in [-0.2, 0) is 0 Å². The van der Waals surface area contributed by atoms with Crippen molar-refractivity contribution in [1.29, 1.82) is 0 Å². The molecule has 0 unspecified atom stereocenters. The Labute approximate surface area is 317 Å². The van der Waals surface area contributed by atoms with Gasteiger partial charge in [0.2, 0.25) is 0 Å². The highest BCUT2D eigenvalue weighted by molar-refractivity contribution is 6.22. The highest BCUT2D eigenvalue weighted by Crippen LogP contribution is 2.43. The lowest BCUT2D eigenvalue weighted by atomic mass is 9.93. The van der Waals surface area contributed by atoms with E-state index in [1.165, 1.54) is 21.9 Å². The second kappa shape index (κ2) is 12.6. The van der Waals surface area contributed by atoms with E-state index in [0.717, 1.165) is 82.7 Å². The molecule has 0 aliphatic rings. The molecule has 11 aromatic rings. The first-order valence-corrected chi connectivity index (χ1v) is 18.7. The van der Waals surface area contributed by atoms with Gasteiger partial charge in [-0.2, -0.15) is 0 Å². The van der Waals surface area contributed by atoms with E-state index in [2.05, 4.69) is 194 Å². The van der Waals surface area contributed by atoms with Gasteiger partial charge in [0, 0.05) is 32.8 Å². The fourth-order valence-corrected chi connectivity index (χ4v) is 8.29. The van der Waals surface area contributed by atoms with Gasteiger partial charge in [-0.25, -0.2) is 9.97 Å². The molecule has 11 rings (SSSR count). The standard InChI is InChI=1S/C52H32N2O/c1-2-13-35(14-3-1)45-31-46-50-40(23-12-26-49(50)55-51(46)43-22-9-8-21-41(43)45)36-27-29-37(30-28-36)47-32-48(42-24-10-17-33-15-4-6-19-38(33)42)54-52(53-47)44-25-11-18-34-16-5-7-20-39(34)44/h1-32H.